The van der Waals surface area contributed by atoms with Gasteiger partial charge in [0.05, 0.1) is 10.5 Å². The summed E-state index contributed by atoms with van der Waals surface area (Å²) in [7, 11) is 1.66. The molecule has 0 radical (unpaired) electrons. The summed E-state index contributed by atoms with van der Waals surface area (Å²) in [6, 6.07) is 24.6. The number of aryl methyl sites for hydroxylation is 1. The van der Waals surface area contributed by atoms with Crippen molar-refractivity contribution in [3.05, 3.63) is 106 Å². The minimum atomic E-state index is -0.530. The molecule has 0 spiro atoms. The number of nitrogens with zero attached hydrogens (tertiary/aromatic N) is 3. The highest BCUT2D eigenvalue weighted by Gasteiger charge is 2.21. The van der Waals surface area contributed by atoms with Crippen molar-refractivity contribution in [1.82, 2.24) is 10.1 Å². The molecule has 0 fully saturated rings. The molecule has 4 rings (SSSR count). The molecule has 1 aromatic heterocycles. The van der Waals surface area contributed by atoms with Gasteiger partial charge in [0.25, 0.3) is 11.6 Å². The first kappa shape index (κ1) is 22.7. The number of hydrogen-bond acceptors (Lipinski definition) is 6. The molecule has 0 unspecified atom stereocenters. The van der Waals surface area contributed by atoms with E-state index in [1.165, 1.54) is 23.1 Å². The van der Waals surface area contributed by atoms with Crippen molar-refractivity contribution in [3.63, 3.8) is 0 Å². The van der Waals surface area contributed by atoms with E-state index in [9.17, 15) is 14.9 Å². The van der Waals surface area contributed by atoms with Gasteiger partial charge in [0.1, 0.15) is 23.0 Å². The van der Waals surface area contributed by atoms with Crippen molar-refractivity contribution in [3.8, 4) is 22.8 Å². The van der Waals surface area contributed by atoms with E-state index in [4.69, 9.17) is 9.26 Å². The van der Waals surface area contributed by atoms with Gasteiger partial charge < -0.3 is 14.2 Å². The van der Waals surface area contributed by atoms with Crippen molar-refractivity contribution in [2.24, 2.45) is 0 Å². The Morgan fingerprint density at radius 2 is 1.74 bits per heavy atom. The second-order valence-corrected chi connectivity index (χ2v) is 7.73. The third-order valence-corrected chi connectivity index (χ3v) is 5.27. The highest BCUT2D eigenvalue weighted by atomic mass is 16.6. The fraction of sp³-hybridized carbons (Fsp3) is 0.154. The number of non-ortho nitro benzene ring substituents is 1. The van der Waals surface area contributed by atoms with Crippen LogP contribution in [0.25, 0.3) is 11.3 Å². The molecule has 3 aromatic carbocycles. The Hall–Kier alpha value is -4.46. The Labute approximate surface area is 196 Å². The summed E-state index contributed by atoms with van der Waals surface area (Å²) < 4.78 is 11.3. The maximum absolute atomic E-state index is 13.1. The lowest BCUT2D eigenvalue weighted by Gasteiger charge is -2.19. The van der Waals surface area contributed by atoms with Gasteiger partial charge in [0, 0.05) is 43.8 Å². The minimum absolute atomic E-state index is 0.131. The van der Waals surface area contributed by atoms with E-state index in [2.05, 4.69) is 5.16 Å². The summed E-state index contributed by atoms with van der Waals surface area (Å²) in [4.78, 5) is 25.4. The van der Waals surface area contributed by atoms with Crippen LogP contribution in [0.1, 0.15) is 22.5 Å². The van der Waals surface area contributed by atoms with Crippen molar-refractivity contribution < 1.29 is 19.0 Å². The zero-order valence-electron chi connectivity index (χ0n) is 18.6. The Morgan fingerprint density at radius 1 is 1.03 bits per heavy atom. The van der Waals surface area contributed by atoms with Crippen LogP contribution in [-0.2, 0) is 6.42 Å². The molecule has 8 nitrogen and oxygen atoms in total. The van der Waals surface area contributed by atoms with Crippen LogP contribution >= 0.6 is 0 Å². The lowest BCUT2D eigenvalue weighted by molar-refractivity contribution is -0.384. The molecule has 1 amide bonds. The number of carbonyl (C=O) groups is 1. The van der Waals surface area contributed by atoms with E-state index in [0.29, 0.717) is 25.1 Å². The van der Waals surface area contributed by atoms with E-state index in [0.717, 1.165) is 17.0 Å². The van der Waals surface area contributed by atoms with Gasteiger partial charge in [-0.15, -0.1) is 0 Å². The van der Waals surface area contributed by atoms with Crippen LogP contribution in [-0.4, -0.2) is 34.5 Å². The monoisotopic (exact) mass is 457 g/mol. The van der Waals surface area contributed by atoms with Gasteiger partial charge in [-0.3, -0.25) is 14.9 Å². The van der Waals surface area contributed by atoms with Gasteiger partial charge in [-0.2, -0.15) is 0 Å². The summed E-state index contributed by atoms with van der Waals surface area (Å²) >= 11 is 0. The number of rotatable bonds is 9. The van der Waals surface area contributed by atoms with E-state index in [1.807, 2.05) is 42.5 Å². The topological polar surface area (TPSA) is 98.7 Å². The van der Waals surface area contributed by atoms with Gasteiger partial charge in [0.15, 0.2) is 0 Å². The highest BCUT2D eigenvalue weighted by molar-refractivity contribution is 5.97. The van der Waals surface area contributed by atoms with Crippen molar-refractivity contribution >= 4 is 11.6 Å². The van der Waals surface area contributed by atoms with Gasteiger partial charge in [-0.05, 0) is 24.6 Å². The molecule has 34 heavy (non-hydrogen) atoms. The van der Waals surface area contributed by atoms with Crippen LogP contribution < -0.4 is 4.74 Å². The molecule has 4 aromatic rings. The third-order valence-electron chi connectivity index (χ3n) is 5.27. The predicted molar refractivity (Wildman–Crippen MR) is 127 cm³/mol. The largest absolute Gasteiger partial charge is 0.457 e. The van der Waals surface area contributed by atoms with Gasteiger partial charge >= 0.3 is 0 Å². The summed E-state index contributed by atoms with van der Waals surface area (Å²) in [6.45, 7) is 0.424. The molecule has 0 N–H and O–H groups in total. The molecular formula is C26H23N3O5. The first-order valence-electron chi connectivity index (χ1n) is 10.8. The predicted octanol–water partition coefficient (Wildman–Crippen LogP) is 5.75. The third kappa shape index (κ3) is 5.47. The normalized spacial score (nSPS) is 10.6. The van der Waals surface area contributed by atoms with Crippen molar-refractivity contribution in [2.45, 2.75) is 12.8 Å². The number of nitro groups is 1. The number of benzene rings is 3. The fourth-order valence-electron chi connectivity index (χ4n) is 3.48. The van der Waals surface area contributed by atoms with Crippen LogP contribution in [0.2, 0.25) is 0 Å². The first-order chi connectivity index (χ1) is 16.5. The zero-order valence-corrected chi connectivity index (χ0v) is 18.6. The first-order valence-corrected chi connectivity index (χ1v) is 10.8. The molecule has 0 atom stereocenters. The van der Waals surface area contributed by atoms with Crippen molar-refractivity contribution in [1.29, 1.82) is 0 Å². The molecule has 0 saturated heterocycles. The number of nitro benzene ring substituents is 1. The van der Waals surface area contributed by atoms with Crippen LogP contribution in [0, 0.1) is 10.1 Å². The average Bonchev–Trinajstić information content (AvgIpc) is 3.34. The maximum atomic E-state index is 13.1. The molecule has 172 valence electrons. The van der Waals surface area contributed by atoms with E-state index in [1.54, 1.807) is 31.3 Å². The second-order valence-electron chi connectivity index (χ2n) is 7.73. The number of para-hydroxylation sites is 1. The summed E-state index contributed by atoms with van der Waals surface area (Å²) in [6.07, 6.45) is 1.23. The number of carbonyl (C=O) groups excluding carboxylic acids is 1. The average molecular weight is 457 g/mol. The maximum Gasteiger partial charge on any atom is 0.270 e. The van der Waals surface area contributed by atoms with Crippen molar-refractivity contribution in [2.75, 3.05) is 13.6 Å². The zero-order chi connectivity index (χ0) is 23.9. The molecule has 0 aliphatic rings. The molecule has 0 aliphatic carbocycles. The fourth-order valence-corrected chi connectivity index (χ4v) is 3.48. The molecule has 0 aliphatic heterocycles. The van der Waals surface area contributed by atoms with Crippen LogP contribution in [0.5, 0.6) is 11.5 Å². The smallest absolute Gasteiger partial charge is 0.270 e. The summed E-state index contributed by atoms with van der Waals surface area (Å²) in [5.74, 6) is 1.16. The number of amides is 1. The van der Waals surface area contributed by atoms with E-state index in [-0.39, 0.29) is 22.9 Å². The molecular weight excluding hydrogens is 434 g/mol. The second kappa shape index (κ2) is 10.4. The van der Waals surface area contributed by atoms with E-state index >= 15 is 0 Å². The number of aromatic nitrogens is 1. The van der Waals surface area contributed by atoms with Crippen LogP contribution in [0.4, 0.5) is 5.69 Å². The highest BCUT2D eigenvalue weighted by Crippen LogP contribution is 2.29. The standard InChI is InChI=1S/C26H23N3O5/c1-28(16-8-13-22-18-24(27-34-22)19-9-4-2-5-10-19)26(30)23-17-20(29(31)32)14-15-25(23)33-21-11-6-3-7-12-21/h2-7,9-12,14-15,17-18H,8,13,16H2,1H3. The van der Waals surface area contributed by atoms with Gasteiger partial charge in [0.2, 0.25) is 0 Å². The molecule has 1 heterocycles. The van der Waals surface area contributed by atoms with Crippen LogP contribution in [0.15, 0.2) is 89.5 Å². The summed E-state index contributed by atoms with van der Waals surface area (Å²) in [5.41, 5.74) is 1.69. The quantitative estimate of drug-likeness (QED) is 0.234. The Kier molecular flexibility index (Phi) is 6.98. The summed E-state index contributed by atoms with van der Waals surface area (Å²) in [5, 5.41) is 15.4. The van der Waals surface area contributed by atoms with E-state index < -0.39 is 4.92 Å². The molecule has 0 saturated carbocycles. The lowest BCUT2D eigenvalue weighted by Crippen LogP contribution is -2.28. The Balaban J connectivity index is 1.43. The molecule has 0 bridgehead atoms. The molecule has 8 heteroatoms. The Morgan fingerprint density at radius 3 is 2.44 bits per heavy atom. The lowest BCUT2D eigenvalue weighted by atomic mass is 10.1. The van der Waals surface area contributed by atoms with Crippen LogP contribution in [0.3, 0.4) is 0 Å². The SMILES string of the molecule is CN(CCCc1cc(-c2ccccc2)no1)C(=O)c1cc([N+](=O)[O-])ccc1Oc1ccccc1. The number of hydrogen-bond donors (Lipinski definition) is 0. The van der Waals surface area contributed by atoms with Gasteiger partial charge in [-0.25, -0.2) is 0 Å². The minimum Gasteiger partial charge on any atom is -0.457 e. The Bertz CT molecular complexity index is 1270. The van der Waals surface area contributed by atoms with Gasteiger partial charge in [-0.1, -0.05) is 53.7 Å². The number of ether oxygens (including phenoxy) is 1.